The number of hydrogen-bond donors (Lipinski definition) is 3. The first kappa shape index (κ1) is 19.4. The van der Waals surface area contributed by atoms with Crippen molar-refractivity contribution in [3.63, 3.8) is 0 Å². The number of ether oxygens (including phenoxy) is 2. The maximum atomic E-state index is 12.7. The van der Waals surface area contributed by atoms with Gasteiger partial charge in [0.15, 0.2) is 16.3 Å². The number of fused-ring (bicyclic) bond motifs is 1. The molecule has 0 saturated heterocycles. The molecule has 146 valence electrons. The lowest BCUT2D eigenvalue weighted by atomic mass is 9.90. The SMILES string of the molecule is CCCCn1c(O)c([C@H]2NCCc3cc(OC)c(OC)cc32)c(=O)[nH]c1=S. The van der Waals surface area contributed by atoms with Crippen LogP contribution in [0.1, 0.15) is 42.5 Å². The van der Waals surface area contributed by atoms with Gasteiger partial charge < -0.3 is 19.9 Å². The highest BCUT2D eigenvalue weighted by Crippen LogP contribution is 2.38. The average molecular weight is 391 g/mol. The molecule has 0 aliphatic carbocycles. The third-order valence-corrected chi connectivity index (χ3v) is 5.25. The van der Waals surface area contributed by atoms with E-state index in [2.05, 4.69) is 17.2 Å². The number of rotatable bonds is 6. The minimum absolute atomic E-state index is 0.0858. The molecule has 1 aromatic heterocycles. The van der Waals surface area contributed by atoms with Crippen molar-refractivity contribution in [2.24, 2.45) is 0 Å². The van der Waals surface area contributed by atoms with Gasteiger partial charge >= 0.3 is 0 Å². The predicted octanol–water partition coefficient (Wildman–Crippen LogP) is 2.66. The maximum absolute atomic E-state index is 12.7. The standard InChI is InChI=1S/C19H25N3O4S/c1-4-5-8-22-18(24)15(17(23)21-19(22)27)16-12-10-14(26-3)13(25-2)9-11(12)6-7-20-16/h9-10,16,20,24H,4-8H2,1-3H3,(H,21,23,27)/t16-/m0/s1. The number of aromatic amines is 1. The Bertz CT molecular complexity index is 951. The highest BCUT2D eigenvalue weighted by molar-refractivity contribution is 7.71. The molecular formula is C19H25N3O4S. The van der Waals surface area contributed by atoms with E-state index in [1.807, 2.05) is 12.1 Å². The van der Waals surface area contributed by atoms with Gasteiger partial charge in [0, 0.05) is 13.1 Å². The normalized spacial score (nSPS) is 16.0. The van der Waals surface area contributed by atoms with E-state index in [-0.39, 0.29) is 21.8 Å². The summed E-state index contributed by atoms with van der Waals surface area (Å²) >= 11 is 5.24. The van der Waals surface area contributed by atoms with E-state index in [4.69, 9.17) is 21.7 Å². The summed E-state index contributed by atoms with van der Waals surface area (Å²) in [6, 6.07) is 3.34. The second-order valence-electron chi connectivity index (χ2n) is 6.54. The second-order valence-corrected chi connectivity index (χ2v) is 6.93. The second kappa shape index (κ2) is 8.14. The summed E-state index contributed by atoms with van der Waals surface area (Å²) in [6.45, 7) is 3.29. The zero-order valence-corrected chi connectivity index (χ0v) is 16.6. The molecule has 0 fully saturated rings. The van der Waals surface area contributed by atoms with Gasteiger partial charge in [-0.05, 0) is 48.3 Å². The number of nitrogens with zero attached hydrogens (tertiary/aromatic N) is 1. The largest absolute Gasteiger partial charge is 0.494 e. The summed E-state index contributed by atoms with van der Waals surface area (Å²) in [6.07, 6.45) is 2.60. The van der Waals surface area contributed by atoms with E-state index in [1.54, 1.807) is 18.8 Å². The van der Waals surface area contributed by atoms with Crippen LogP contribution in [0.3, 0.4) is 0 Å². The number of methoxy groups -OCH3 is 2. The molecule has 0 radical (unpaired) electrons. The van der Waals surface area contributed by atoms with E-state index < -0.39 is 6.04 Å². The Kier molecular flexibility index (Phi) is 5.86. The number of aromatic hydroxyl groups is 1. The summed E-state index contributed by atoms with van der Waals surface area (Å²) in [5.74, 6) is 1.14. The molecule has 0 unspecified atom stereocenters. The zero-order valence-electron chi connectivity index (χ0n) is 15.8. The first-order valence-electron chi connectivity index (χ1n) is 9.05. The molecule has 1 aliphatic heterocycles. The Morgan fingerprint density at radius 1 is 1.30 bits per heavy atom. The Hall–Kier alpha value is -2.32. The molecular weight excluding hydrogens is 366 g/mol. The highest BCUT2D eigenvalue weighted by atomic mass is 32.1. The van der Waals surface area contributed by atoms with E-state index >= 15 is 0 Å². The van der Waals surface area contributed by atoms with Crippen molar-refractivity contribution in [1.82, 2.24) is 14.9 Å². The lowest BCUT2D eigenvalue weighted by Crippen LogP contribution is -2.35. The van der Waals surface area contributed by atoms with Gasteiger partial charge in [-0.3, -0.25) is 14.3 Å². The molecule has 1 aromatic carbocycles. The number of aromatic nitrogens is 2. The van der Waals surface area contributed by atoms with Gasteiger partial charge in [-0.2, -0.15) is 0 Å². The van der Waals surface area contributed by atoms with Gasteiger partial charge in [0.1, 0.15) is 0 Å². The van der Waals surface area contributed by atoms with Gasteiger partial charge in [-0.15, -0.1) is 0 Å². The fourth-order valence-corrected chi connectivity index (χ4v) is 3.77. The molecule has 3 rings (SSSR count). The summed E-state index contributed by atoms with van der Waals surface area (Å²) in [4.78, 5) is 15.4. The third kappa shape index (κ3) is 3.59. The van der Waals surface area contributed by atoms with E-state index in [0.717, 1.165) is 30.4 Å². The van der Waals surface area contributed by atoms with Gasteiger partial charge in [0.25, 0.3) is 5.56 Å². The summed E-state index contributed by atoms with van der Waals surface area (Å²) < 4.78 is 12.6. The molecule has 0 bridgehead atoms. The maximum Gasteiger partial charge on any atom is 0.260 e. The quantitative estimate of drug-likeness (QED) is 0.656. The Labute approximate surface area is 163 Å². The Balaban J connectivity index is 2.17. The van der Waals surface area contributed by atoms with Crippen molar-refractivity contribution >= 4 is 12.2 Å². The topological polar surface area (TPSA) is 88.5 Å². The van der Waals surface area contributed by atoms with Gasteiger partial charge in [0.05, 0.1) is 25.8 Å². The minimum atomic E-state index is -0.458. The summed E-state index contributed by atoms with van der Waals surface area (Å²) in [5.41, 5.74) is 1.83. The molecule has 0 amide bonds. The van der Waals surface area contributed by atoms with Crippen molar-refractivity contribution in [3.8, 4) is 17.4 Å². The molecule has 1 aliphatic rings. The number of H-pyrrole nitrogens is 1. The minimum Gasteiger partial charge on any atom is -0.494 e. The van der Waals surface area contributed by atoms with Crippen LogP contribution < -0.4 is 20.3 Å². The third-order valence-electron chi connectivity index (χ3n) is 4.93. The number of nitrogens with one attached hydrogen (secondary N) is 2. The van der Waals surface area contributed by atoms with Crippen molar-refractivity contribution in [1.29, 1.82) is 0 Å². The van der Waals surface area contributed by atoms with Crippen LogP contribution >= 0.6 is 12.2 Å². The van der Waals surface area contributed by atoms with E-state index in [1.165, 1.54) is 0 Å². The highest BCUT2D eigenvalue weighted by Gasteiger charge is 2.29. The first-order chi connectivity index (χ1) is 13.0. The molecule has 7 nitrogen and oxygen atoms in total. The smallest absolute Gasteiger partial charge is 0.260 e. The summed E-state index contributed by atoms with van der Waals surface area (Å²) in [5, 5.41) is 14.2. The Morgan fingerprint density at radius 2 is 2.00 bits per heavy atom. The van der Waals surface area contributed by atoms with Crippen LogP contribution in [0.25, 0.3) is 0 Å². The van der Waals surface area contributed by atoms with Crippen LogP contribution in [0, 0.1) is 4.77 Å². The fourth-order valence-electron chi connectivity index (χ4n) is 3.50. The molecule has 3 N–H and O–H groups in total. The molecule has 2 aromatic rings. The number of benzene rings is 1. The van der Waals surface area contributed by atoms with Crippen molar-refractivity contribution in [2.75, 3.05) is 20.8 Å². The van der Waals surface area contributed by atoms with Crippen LogP contribution in [0.2, 0.25) is 0 Å². The molecule has 2 heterocycles. The van der Waals surface area contributed by atoms with Crippen molar-refractivity contribution in [3.05, 3.63) is 43.9 Å². The number of unbranched alkanes of at least 4 members (excludes halogenated alkanes) is 1. The fraction of sp³-hybridized carbons (Fsp3) is 0.474. The number of hydrogen-bond acceptors (Lipinski definition) is 6. The average Bonchev–Trinajstić information content (AvgIpc) is 2.66. The van der Waals surface area contributed by atoms with Crippen LogP contribution in [0.5, 0.6) is 17.4 Å². The van der Waals surface area contributed by atoms with Crippen LogP contribution in [0.4, 0.5) is 0 Å². The lowest BCUT2D eigenvalue weighted by molar-refractivity contribution is 0.352. The summed E-state index contributed by atoms with van der Waals surface area (Å²) in [7, 11) is 3.17. The molecule has 8 heteroatoms. The van der Waals surface area contributed by atoms with E-state index in [0.29, 0.717) is 24.6 Å². The van der Waals surface area contributed by atoms with Gasteiger partial charge in [0.2, 0.25) is 5.88 Å². The first-order valence-corrected chi connectivity index (χ1v) is 9.46. The van der Waals surface area contributed by atoms with Crippen LogP contribution in [0.15, 0.2) is 16.9 Å². The predicted molar refractivity (Wildman–Crippen MR) is 106 cm³/mol. The van der Waals surface area contributed by atoms with Crippen molar-refractivity contribution < 1.29 is 14.6 Å². The van der Waals surface area contributed by atoms with Crippen LogP contribution in [-0.4, -0.2) is 35.4 Å². The van der Waals surface area contributed by atoms with E-state index in [9.17, 15) is 9.90 Å². The van der Waals surface area contributed by atoms with Gasteiger partial charge in [-0.1, -0.05) is 13.3 Å². The monoisotopic (exact) mass is 391 g/mol. The van der Waals surface area contributed by atoms with Gasteiger partial charge in [-0.25, -0.2) is 0 Å². The zero-order chi connectivity index (χ0) is 19.6. The van der Waals surface area contributed by atoms with Crippen molar-refractivity contribution in [2.45, 2.75) is 38.8 Å². The Morgan fingerprint density at radius 3 is 2.67 bits per heavy atom. The lowest BCUT2D eigenvalue weighted by Gasteiger charge is -2.29. The molecule has 0 saturated carbocycles. The molecule has 0 spiro atoms. The van der Waals surface area contributed by atoms with Crippen LogP contribution in [-0.2, 0) is 13.0 Å². The molecule has 1 atom stereocenters. The molecule has 27 heavy (non-hydrogen) atoms.